The van der Waals surface area contributed by atoms with Gasteiger partial charge in [0.05, 0.1) is 33.4 Å². The molecule has 6 aliphatic rings. The van der Waals surface area contributed by atoms with E-state index in [-0.39, 0.29) is 41.0 Å². The maximum Gasteiger partial charge on any atom is 0.303 e. The number of likely N-dealkylation sites (N-methyl/N-ethyl adjacent to an activating group) is 1. The van der Waals surface area contributed by atoms with Crippen LogP contribution in [0.25, 0.3) is 0 Å². The molecule has 0 aromatic heterocycles. The Labute approximate surface area is 235 Å². The summed E-state index contributed by atoms with van der Waals surface area (Å²) < 4.78 is 19.1. The second-order valence-corrected chi connectivity index (χ2v) is 15.0. The first-order valence-corrected chi connectivity index (χ1v) is 16.1. The van der Waals surface area contributed by atoms with Crippen LogP contribution in [-0.4, -0.2) is 92.1 Å². The van der Waals surface area contributed by atoms with Crippen molar-refractivity contribution in [1.82, 2.24) is 4.90 Å². The number of ether oxygens (including phenoxy) is 3. The van der Waals surface area contributed by atoms with Gasteiger partial charge in [-0.15, -0.1) is 0 Å². The van der Waals surface area contributed by atoms with E-state index in [4.69, 9.17) is 14.2 Å². The molecule has 0 amide bonds. The van der Waals surface area contributed by atoms with Crippen LogP contribution >= 0.6 is 0 Å². The van der Waals surface area contributed by atoms with Gasteiger partial charge in [0.1, 0.15) is 12.1 Å². The maximum absolute atomic E-state index is 12.4. The molecule has 220 valence electrons. The molecule has 2 saturated heterocycles. The van der Waals surface area contributed by atoms with E-state index in [1.807, 2.05) is 0 Å². The van der Waals surface area contributed by atoms with Gasteiger partial charge in [0.15, 0.2) is 6.10 Å². The highest BCUT2D eigenvalue weighted by Crippen LogP contribution is 2.67. The van der Waals surface area contributed by atoms with E-state index in [1.165, 1.54) is 51.6 Å². The lowest BCUT2D eigenvalue weighted by molar-refractivity contribution is -0.924. The molecule has 3 unspecified atom stereocenters. The molecule has 0 aromatic carbocycles. The number of hydrogen-bond acceptors (Lipinski definition) is 6. The molecule has 2 heterocycles. The van der Waals surface area contributed by atoms with E-state index in [0.717, 1.165) is 50.0 Å². The molecule has 0 bridgehead atoms. The van der Waals surface area contributed by atoms with E-state index in [0.29, 0.717) is 29.7 Å². The smallest absolute Gasteiger partial charge is 0.303 e. The quantitative estimate of drug-likeness (QED) is 0.385. The molecule has 0 aromatic rings. The summed E-state index contributed by atoms with van der Waals surface area (Å²) in [6.45, 7) is 14.1. The monoisotopic (exact) mass is 545 g/mol. The number of quaternary nitrogens is 1. The molecule has 7 heteroatoms. The van der Waals surface area contributed by atoms with E-state index in [1.54, 1.807) is 13.8 Å². The minimum absolute atomic E-state index is 0.00657. The lowest BCUT2D eigenvalue weighted by Crippen LogP contribution is -2.61. The molecule has 7 nitrogen and oxygen atoms in total. The van der Waals surface area contributed by atoms with Crippen molar-refractivity contribution in [3.63, 3.8) is 0 Å². The summed E-state index contributed by atoms with van der Waals surface area (Å²) in [4.78, 5) is 27.1. The molecule has 39 heavy (non-hydrogen) atoms. The van der Waals surface area contributed by atoms with Gasteiger partial charge in [0, 0.05) is 57.7 Å². The highest BCUT2D eigenvalue weighted by Gasteiger charge is 2.67. The Bertz CT molecular complexity index is 945. The van der Waals surface area contributed by atoms with Gasteiger partial charge in [0.25, 0.3) is 0 Å². The van der Waals surface area contributed by atoms with E-state index in [2.05, 4.69) is 25.8 Å². The highest BCUT2D eigenvalue weighted by molar-refractivity contribution is 5.66. The number of hydrogen-bond donors (Lipinski definition) is 0. The van der Waals surface area contributed by atoms with Crippen molar-refractivity contribution in [2.75, 3.05) is 46.4 Å². The van der Waals surface area contributed by atoms with Gasteiger partial charge < -0.3 is 18.7 Å². The topological polar surface area (TPSA) is 65.1 Å². The Kier molecular flexibility index (Phi) is 7.36. The molecule has 6 rings (SSSR count). The zero-order chi connectivity index (χ0) is 27.6. The van der Waals surface area contributed by atoms with E-state index >= 15 is 0 Å². The first-order chi connectivity index (χ1) is 18.5. The number of morpholine rings is 1. The second kappa shape index (κ2) is 10.3. The van der Waals surface area contributed by atoms with Crippen molar-refractivity contribution in [1.29, 1.82) is 0 Å². The Morgan fingerprint density at radius 3 is 2.26 bits per heavy atom. The predicted molar refractivity (Wildman–Crippen MR) is 149 cm³/mol. The number of carbonyl (C=O) groups excluding carboxylic acids is 2. The van der Waals surface area contributed by atoms with Crippen molar-refractivity contribution in [2.24, 2.45) is 34.5 Å². The van der Waals surface area contributed by atoms with Crippen LogP contribution in [0, 0.1) is 34.5 Å². The fourth-order valence-electron chi connectivity index (χ4n) is 11.2. The first kappa shape index (κ1) is 28.0. The molecule has 2 aliphatic heterocycles. The summed E-state index contributed by atoms with van der Waals surface area (Å²) in [6.07, 6.45) is 10.8. The summed E-state index contributed by atoms with van der Waals surface area (Å²) in [6, 6.07) is 0.710. The third kappa shape index (κ3) is 4.67. The molecule has 0 N–H and O–H groups in total. The average Bonchev–Trinajstić information content (AvgIpc) is 3.46. The minimum Gasteiger partial charge on any atom is -0.461 e. The van der Waals surface area contributed by atoms with Crippen LogP contribution in [0.2, 0.25) is 0 Å². The average molecular weight is 546 g/mol. The number of esters is 2. The molecular weight excluding hydrogens is 492 g/mol. The molecule has 0 radical (unpaired) electrons. The standard InChI is InChI=1S/C32H53N2O5/c1-21(35)38-29-18-23-8-9-24-25(32(23,4)20-27(29)33-12-16-37-17-13-33)10-11-31(3)26(24)19-28(30(31)39-22(2)36)34(5)14-6-7-15-34/h23-30H,6-20H2,1-5H3/q+1/t23-,24?,25?,26?,27-,28-,29-,30-,31-,32-/m0/s1. The van der Waals surface area contributed by atoms with Gasteiger partial charge in [-0.05, 0) is 67.6 Å². The lowest BCUT2D eigenvalue weighted by atomic mass is 9.44. The van der Waals surface area contributed by atoms with Crippen LogP contribution in [0.5, 0.6) is 0 Å². The van der Waals surface area contributed by atoms with Gasteiger partial charge in [-0.3, -0.25) is 14.5 Å². The SMILES string of the molecule is CC(=O)O[C@H]1C[C@@H]2CCC3C4C[C@H]([N+]5(C)CCCC5)[C@H](OC(C)=O)[C@@]4(C)CCC3[C@@]2(C)C[C@@H]1N1CCOCC1. The van der Waals surface area contributed by atoms with Gasteiger partial charge in [-0.25, -0.2) is 0 Å². The lowest BCUT2D eigenvalue weighted by Gasteiger charge is -2.62. The predicted octanol–water partition coefficient (Wildman–Crippen LogP) is 4.42. The van der Waals surface area contributed by atoms with Gasteiger partial charge in [0.2, 0.25) is 0 Å². The number of nitrogens with zero attached hydrogens (tertiary/aromatic N) is 2. The van der Waals surface area contributed by atoms with Crippen LogP contribution in [0.1, 0.15) is 85.5 Å². The zero-order valence-electron chi connectivity index (χ0n) is 25.2. The Morgan fingerprint density at radius 1 is 0.897 bits per heavy atom. The molecule has 6 fully saturated rings. The second-order valence-electron chi connectivity index (χ2n) is 15.0. The largest absolute Gasteiger partial charge is 0.461 e. The van der Waals surface area contributed by atoms with Crippen LogP contribution < -0.4 is 0 Å². The minimum atomic E-state index is -0.143. The Hall–Kier alpha value is -1.18. The normalized spacial score (nSPS) is 47.5. The van der Waals surface area contributed by atoms with E-state index in [9.17, 15) is 9.59 Å². The number of fused-ring (bicyclic) bond motifs is 5. The van der Waals surface area contributed by atoms with Gasteiger partial charge in [-0.2, -0.15) is 0 Å². The third-order valence-electron chi connectivity index (χ3n) is 13.1. The molecule has 4 aliphatic carbocycles. The molecule has 4 saturated carbocycles. The Balaban J connectivity index is 1.29. The van der Waals surface area contributed by atoms with Crippen molar-refractivity contribution < 1.29 is 28.3 Å². The summed E-state index contributed by atoms with van der Waals surface area (Å²) in [5.41, 5.74) is 0.327. The summed E-state index contributed by atoms with van der Waals surface area (Å²) in [7, 11) is 2.44. The number of carbonyl (C=O) groups is 2. The molecule has 0 spiro atoms. The van der Waals surface area contributed by atoms with Crippen molar-refractivity contribution in [3.05, 3.63) is 0 Å². The number of likely N-dealkylation sites (tertiary alicyclic amines) is 1. The molecular formula is C32H53N2O5+. The van der Waals surface area contributed by atoms with Crippen LogP contribution in [0.4, 0.5) is 0 Å². The van der Waals surface area contributed by atoms with Crippen molar-refractivity contribution >= 4 is 11.9 Å². The van der Waals surface area contributed by atoms with Gasteiger partial charge in [-0.1, -0.05) is 13.8 Å². The highest BCUT2D eigenvalue weighted by atomic mass is 16.5. The summed E-state index contributed by atoms with van der Waals surface area (Å²) in [5, 5.41) is 0. The fourth-order valence-corrected chi connectivity index (χ4v) is 11.2. The fraction of sp³-hybridized carbons (Fsp3) is 0.938. The van der Waals surface area contributed by atoms with Crippen LogP contribution in [0.3, 0.4) is 0 Å². The summed E-state index contributed by atoms with van der Waals surface area (Å²) in [5.74, 6) is 2.36. The first-order valence-electron chi connectivity index (χ1n) is 16.1. The molecule has 10 atom stereocenters. The van der Waals surface area contributed by atoms with Crippen LogP contribution in [0.15, 0.2) is 0 Å². The van der Waals surface area contributed by atoms with Crippen LogP contribution in [-0.2, 0) is 23.8 Å². The van der Waals surface area contributed by atoms with Crippen molar-refractivity contribution in [2.45, 2.75) is 110 Å². The van der Waals surface area contributed by atoms with E-state index < -0.39 is 0 Å². The number of rotatable bonds is 4. The van der Waals surface area contributed by atoms with Crippen molar-refractivity contribution in [3.8, 4) is 0 Å². The maximum atomic E-state index is 12.4. The third-order valence-corrected chi connectivity index (χ3v) is 13.1. The Morgan fingerprint density at radius 2 is 1.59 bits per heavy atom. The van der Waals surface area contributed by atoms with Gasteiger partial charge >= 0.3 is 11.9 Å². The summed E-state index contributed by atoms with van der Waals surface area (Å²) >= 11 is 0. The zero-order valence-corrected chi connectivity index (χ0v) is 25.2.